The van der Waals surface area contributed by atoms with Gasteiger partial charge in [0.05, 0.1) is 0 Å². The normalized spacial score (nSPS) is 14.8. The molecule has 1 aliphatic heterocycles. The second kappa shape index (κ2) is 9.43. The topological polar surface area (TPSA) is 90.5 Å². The van der Waals surface area contributed by atoms with Gasteiger partial charge >= 0.3 is 6.03 Å². The SMILES string of the molecule is CC(NC(=O)Nc1ccc(Cl)cc1)C(=O)Nc1ccc(N2CCCCC2=O)cc1. The summed E-state index contributed by atoms with van der Waals surface area (Å²) in [5, 5.41) is 8.55. The Morgan fingerprint density at radius 1 is 0.966 bits per heavy atom. The molecular weight excluding hydrogens is 392 g/mol. The van der Waals surface area contributed by atoms with Crippen LogP contribution in [0.1, 0.15) is 26.2 Å². The number of urea groups is 1. The number of hydrogen-bond acceptors (Lipinski definition) is 3. The first-order chi connectivity index (χ1) is 13.9. The van der Waals surface area contributed by atoms with E-state index in [2.05, 4.69) is 16.0 Å². The van der Waals surface area contributed by atoms with Crippen LogP contribution in [0.3, 0.4) is 0 Å². The van der Waals surface area contributed by atoms with Crippen LogP contribution in [0.5, 0.6) is 0 Å². The number of nitrogens with one attached hydrogen (secondary N) is 3. The molecule has 0 aliphatic carbocycles. The molecule has 0 saturated carbocycles. The van der Waals surface area contributed by atoms with Crippen LogP contribution in [0, 0.1) is 0 Å². The van der Waals surface area contributed by atoms with Crippen molar-refractivity contribution in [2.45, 2.75) is 32.2 Å². The molecule has 3 rings (SSSR count). The molecule has 29 heavy (non-hydrogen) atoms. The lowest BCUT2D eigenvalue weighted by Gasteiger charge is -2.27. The average molecular weight is 415 g/mol. The first-order valence-corrected chi connectivity index (χ1v) is 9.84. The maximum Gasteiger partial charge on any atom is 0.319 e. The minimum atomic E-state index is -0.745. The van der Waals surface area contributed by atoms with E-state index in [1.807, 2.05) is 12.1 Å². The monoisotopic (exact) mass is 414 g/mol. The molecule has 1 heterocycles. The van der Waals surface area contributed by atoms with Crippen molar-refractivity contribution in [2.24, 2.45) is 0 Å². The fourth-order valence-corrected chi connectivity index (χ4v) is 3.14. The van der Waals surface area contributed by atoms with E-state index in [-0.39, 0.29) is 11.8 Å². The van der Waals surface area contributed by atoms with E-state index in [0.717, 1.165) is 18.5 Å². The standard InChI is InChI=1S/C21H23ClN4O3/c1-14(23-21(29)25-17-7-5-15(22)6-8-17)20(28)24-16-9-11-18(12-10-16)26-13-3-2-4-19(26)27/h5-12,14H,2-4,13H2,1H3,(H,24,28)(H2,23,25,29). The zero-order chi connectivity index (χ0) is 20.8. The van der Waals surface area contributed by atoms with Gasteiger partial charge in [0, 0.05) is 35.1 Å². The van der Waals surface area contributed by atoms with E-state index in [9.17, 15) is 14.4 Å². The summed E-state index contributed by atoms with van der Waals surface area (Å²) in [6.07, 6.45) is 2.49. The molecule has 0 spiro atoms. The van der Waals surface area contributed by atoms with Gasteiger partial charge in [0.1, 0.15) is 6.04 Å². The Morgan fingerprint density at radius 2 is 1.59 bits per heavy atom. The van der Waals surface area contributed by atoms with Crippen LogP contribution in [-0.2, 0) is 9.59 Å². The van der Waals surface area contributed by atoms with Crippen LogP contribution in [0.2, 0.25) is 5.02 Å². The van der Waals surface area contributed by atoms with Gasteiger partial charge in [-0.25, -0.2) is 4.79 Å². The molecule has 1 atom stereocenters. The minimum Gasteiger partial charge on any atom is -0.326 e. The van der Waals surface area contributed by atoms with Crippen LogP contribution in [-0.4, -0.2) is 30.4 Å². The van der Waals surface area contributed by atoms with Crippen molar-refractivity contribution >= 4 is 46.5 Å². The number of amides is 4. The number of rotatable bonds is 5. The molecule has 0 aromatic heterocycles. The van der Waals surface area contributed by atoms with Crippen LogP contribution >= 0.6 is 11.6 Å². The Morgan fingerprint density at radius 3 is 2.24 bits per heavy atom. The van der Waals surface area contributed by atoms with Crippen LogP contribution in [0.4, 0.5) is 21.9 Å². The van der Waals surface area contributed by atoms with Gasteiger partial charge in [0.25, 0.3) is 0 Å². The first kappa shape index (κ1) is 20.7. The second-order valence-corrected chi connectivity index (χ2v) is 7.30. The zero-order valence-electron chi connectivity index (χ0n) is 16.1. The number of carbonyl (C=O) groups excluding carboxylic acids is 3. The number of nitrogens with zero attached hydrogens (tertiary/aromatic N) is 1. The lowest BCUT2D eigenvalue weighted by atomic mass is 10.1. The number of halogens is 1. The zero-order valence-corrected chi connectivity index (χ0v) is 16.8. The molecule has 8 heteroatoms. The third-order valence-electron chi connectivity index (χ3n) is 4.61. The van der Waals surface area contributed by atoms with Crippen LogP contribution < -0.4 is 20.9 Å². The molecule has 0 radical (unpaired) electrons. The lowest BCUT2D eigenvalue weighted by Crippen LogP contribution is -2.43. The van der Waals surface area contributed by atoms with Crippen molar-refractivity contribution in [1.29, 1.82) is 0 Å². The van der Waals surface area contributed by atoms with Gasteiger partial charge in [-0.15, -0.1) is 0 Å². The van der Waals surface area contributed by atoms with Gasteiger partial charge in [-0.3, -0.25) is 9.59 Å². The number of carbonyl (C=O) groups is 3. The predicted molar refractivity (Wildman–Crippen MR) is 114 cm³/mol. The molecule has 4 amide bonds. The Bertz CT molecular complexity index is 884. The number of benzene rings is 2. The van der Waals surface area contributed by atoms with Crippen molar-refractivity contribution in [3.8, 4) is 0 Å². The molecule has 1 saturated heterocycles. The van der Waals surface area contributed by atoms with E-state index < -0.39 is 12.1 Å². The molecule has 2 aromatic rings. The Labute approximate surface area is 174 Å². The molecule has 1 aliphatic rings. The smallest absolute Gasteiger partial charge is 0.319 e. The fraction of sp³-hybridized carbons (Fsp3) is 0.286. The maximum atomic E-state index is 12.3. The highest BCUT2D eigenvalue weighted by Crippen LogP contribution is 2.22. The van der Waals surface area contributed by atoms with Crippen LogP contribution in [0.25, 0.3) is 0 Å². The van der Waals surface area contributed by atoms with Crippen molar-refractivity contribution in [2.75, 3.05) is 22.1 Å². The third kappa shape index (κ3) is 5.71. The summed E-state index contributed by atoms with van der Waals surface area (Å²) < 4.78 is 0. The van der Waals surface area contributed by atoms with Crippen molar-refractivity contribution in [1.82, 2.24) is 5.32 Å². The molecule has 7 nitrogen and oxygen atoms in total. The summed E-state index contributed by atoms with van der Waals surface area (Å²) in [4.78, 5) is 38.2. The van der Waals surface area contributed by atoms with E-state index in [1.165, 1.54) is 0 Å². The highest BCUT2D eigenvalue weighted by Gasteiger charge is 2.20. The molecule has 152 valence electrons. The minimum absolute atomic E-state index is 0.123. The van der Waals surface area contributed by atoms with Gasteiger partial charge in [-0.05, 0) is 68.3 Å². The number of hydrogen-bond donors (Lipinski definition) is 3. The van der Waals surface area contributed by atoms with E-state index in [0.29, 0.717) is 29.4 Å². The molecule has 3 N–H and O–H groups in total. The first-order valence-electron chi connectivity index (χ1n) is 9.47. The molecular formula is C21H23ClN4O3. The van der Waals surface area contributed by atoms with Crippen LogP contribution in [0.15, 0.2) is 48.5 Å². The highest BCUT2D eigenvalue weighted by molar-refractivity contribution is 6.30. The summed E-state index contributed by atoms with van der Waals surface area (Å²) in [7, 11) is 0. The highest BCUT2D eigenvalue weighted by atomic mass is 35.5. The quantitative estimate of drug-likeness (QED) is 0.690. The van der Waals surface area contributed by atoms with Gasteiger partial charge in [0.2, 0.25) is 11.8 Å². The lowest BCUT2D eigenvalue weighted by molar-refractivity contribution is -0.119. The van der Waals surface area contributed by atoms with Crippen molar-refractivity contribution in [3.05, 3.63) is 53.6 Å². The Kier molecular flexibility index (Phi) is 6.72. The van der Waals surface area contributed by atoms with Gasteiger partial charge in [0.15, 0.2) is 0 Å². The van der Waals surface area contributed by atoms with E-state index in [4.69, 9.17) is 11.6 Å². The molecule has 2 aromatic carbocycles. The second-order valence-electron chi connectivity index (χ2n) is 6.87. The average Bonchev–Trinajstić information content (AvgIpc) is 2.71. The van der Waals surface area contributed by atoms with Crippen molar-refractivity contribution < 1.29 is 14.4 Å². The van der Waals surface area contributed by atoms with Gasteiger partial charge in [-0.2, -0.15) is 0 Å². The van der Waals surface area contributed by atoms with Gasteiger partial charge in [-0.1, -0.05) is 11.6 Å². The molecule has 1 fully saturated rings. The fourth-order valence-electron chi connectivity index (χ4n) is 3.02. The third-order valence-corrected chi connectivity index (χ3v) is 4.86. The summed E-state index contributed by atoms with van der Waals surface area (Å²) >= 11 is 5.81. The molecule has 1 unspecified atom stereocenters. The summed E-state index contributed by atoms with van der Waals surface area (Å²) in [5.41, 5.74) is 1.98. The molecule has 0 bridgehead atoms. The number of anilines is 3. The maximum absolute atomic E-state index is 12.3. The largest absolute Gasteiger partial charge is 0.326 e. The number of piperidine rings is 1. The predicted octanol–water partition coefficient (Wildman–Crippen LogP) is 4.01. The van der Waals surface area contributed by atoms with Gasteiger partial charge < -0.3 is 20.9 Å². The summed E-state index contributed by atoms with van der Waals surface area (Å²) in [5.74, 6) is -0.226. The Balaban J connectivity index is 1.51. The summed E-state index contributed by atoms with van der Waals surface area (Å²) in [6.45, 7) is 2.31. The van der Waals surface area contributed by atoms with Crippen molar-refractivity contribution in [3.63, 3.8) is 0 Å². The summed E-state index contributed by atoms with van der Waals surface area (Å²) in [6, 6.07) is 12.5. The Hall–Kier alpha value is -3.06. The van der Waals surface area contributed by atoms with E-state index in [1.54, 1.807) is 48.2 Å². The van der Waals surface area contributed by atoms with E-state index >= 15 is 0 Å².